The van der Waals surface area contributed by atoms with Crippen molar-refractivity contribution in [2.45, 2.75) is 52.4 Å². The average Bonchev–Trinajstić information content (AvgIpc) is 2.27. The van der Waals surface area contributed by atoms with Crippen LogP contribution in [-0.2, 0) is 5.41 Å². The quantitative estimate of drug-likeness (QED) is 0.792. The molecule has 0 bridgehead atoms. The minimum atomic E-state index is 0.248. The van der Waals surface area contributed by atoms with E-state index in [-0.39, 0.29) is 5.41 Å². The number of rotatable bonds is 5. The zero-order chi connectivity index (χ0) is 12.2. The summed E-state index contributed by atoms with van der Waals surface area (Å²) < 4.78 is 0. The third-order valence-electron chi connectivity index (χ3n) is 3.62. The molecule has 0 aliphatic rings. The van der Waals surface area contributed by atoms with Gasteiger partial charge in [-0.25, -0.2) is 0 Å². The summed E-state index contributed by atoms with van der Waals surface area (Å²) in [5.41, 5.74) is 1.59. The van der Waals surface area contributed by atoms with Crippen LogP contribution in [0.3, 0.4) is 0 Å². The number of benzene rings is 1. The van der Waals surface area contributed by atoms with Crippen molar-refractivity contribution in [1.29, 1.82) is 0 Å². The zero-order valence-corrected chi connectivity index (χ0v) is 11.0. The summed E-state index contributed by atoms with van der Waals surface area (Å²) in [5.74, 6) is 1.11. The van der Waals surface area contributed by atoms with Crippen molar-refractivity contribution in [2.75, 3.05) is 0 Å². The highest BCUT2D eigenvalue weighted by molar-refractivity contribution is 5.31. The maximum absolute atomic E-state index is 9.31. The minimum absolute atomic E-state index is 0.248. The van der Waals surface area contributed by atoms with Gasteiger partial charge in [0.05, 0.1) is 0 Å². The molecule has 0 spiro atoms. The van der Waals surface area contributed by atoms with Crippen LogP contribution in [-0.4, -0.2) is 5.11 Å². The van der Waals surface area contributed by atoms with Gasteiger partial charge in [0.2, 0.25) is 0 Å². The van der Waals surface area contributed by atoms with E-state index in [1.807, 2.05) is 0 Å². The number of hydrogen-bond acceptors (Lipinski definition) is 1. The molecule has 1 nitrogen and oxygen atoms in total. The normalized spacial score (nSPS) is 15.1. The molecule has 0 aliphatic carbocycles. The Morgan fingerprint density at radius 2 is 1.75 bits per heavy atom. The highest BCUT2D eigenvalue weighted by atomic mass is 16.5. The van der Waals surface area contributed by atoms with E-state index < -0.39 is 0 Å². The molecule has 90 valence electrons. The second-order valence-electron chi connectivity index (χ2n) is 5.39. The van der Waals surface area contributed by atoms with Crippen LogP contribution >= 0.6 is 0 Å². The number of aromatic hydroxyl groups is 1. The molecule has 0 saturated carbocycles. The second-order valence-corrected chi connectivity index (χ2v) is 5.39. The molecule has 0 aliphatic heterocycles. The van der Waals surface area contributed by atoms with Gasteiger partial charge in [0.1, 0.15) is 5.75 Å². The largest absolute Gasteiger partial charge is 0.508 e. The summed E-state index contributed by atoms with van der Waals surface area (Å²) in [6.07, 6.45) is 3.61. The van der Waals surface area contributed by atoms with Crippen molar-refractivity contribution in [3.8, 4) is 5.75 Å². The van der Waals surface area contributed by atoms with E-state index in [1.54, 1.807) is 12.1 Å². The summed E-state index contributed by atoms with van der Waals surface area (Å²) in [4.78, 5) is 0. The molecule has 0 saturated heterocycles. The number of phenolic OH excluding ortho intramolecular Hbond substituents is 1. The Hall–Kier alpha value is -0.980. The summed E-state index contributed by atoms with van der Waals surface area (Å²) in [7, 11) is 0. The number of phenols is 1. The third kappa shape index (κ3) is 3.26. The molecule has 1 heteroatoms. The fraction of sp³-hybridized carbons (Fsp3) is 0.600. The first-order valence-corrected chi connectivity index (χ1v) is 6.27. The lowest BCUT2D eigenvalue weighted by molar-refractivity contribution is 0.373. The molecule has 0 fully saturated rings. The van der Waals surface area contributed by atoms with Gasteiger partial charge in [-0.05, 0) is 41.9 Å². The van der Waals surface area contributed by atoms with Crippen molar-refractivity contribution < 1.29 is 5.11 Å². The summed E-state index contributed by atoms with van der Waals surface area (Å²) in [5, 5.41) is 9.31. The standard InChI is InChI=1S/C15H24O/c1-5-15(4,11-10-12(2)3)13-6-8-14(16)9-7-13/h6-9,12,16H,5,10-11H2,1-4H3/i6+2,7+2,8+2,9+2,13+2,14+2. The van der Waals surface area contributed by atoms with Crippen LogP contribution < -0.4 is 0 Å². The second kappa shape index (κ2) is 5.38. The van der Waals surface area contributed by atoms with E-state index in [0.717, 1.165) is 12.3 Å². The Morgan fingerprint density at radius 3 is 2.19 bits per heavy atom. The highest BCUT2D eigenvalue weighted by Gasteiger charge is 2.24. The van der Waals surface area contributed by atoms with Crippen LogP contribution in [0.1, 0.15) is 52.5 Å². The maximum atomic E-state index is 9.31. The zero-order valence-electron chi connectivity index (χ0n) is 11.0. The van der Waals surface area contributed by atoms with Crippen LogP contribution in [0.2, 0.25) is 0 Å². The molecule has 0 aromatic heterocycles. The molecule has 0 radical (unpaired) electrons. The summed E-state index contributed by atoms with van der Waals surface area (Å²) >= 11 is 0. The van der Waals surface area contributed by atoms with Crippen LogP contribution in [0.5, 0.6) is 5.75 Å². The molecule has 1 aromatic rings. The Balaban J connectivity index is 2.82. The molecule has 0 heterocycles. The summed E-state index contributed by atoms with van der Waals surface area (Å²) in [6, 6.07) is 7.69. The molecule has 1 rings (SSSR count). The summed E-state index contributed by atoms with van der Waals surface area (Å²) in [6.45, 7) is 9.11. The van der Waals surface area contributed by atoms with E-state index in [9.17, 15) is 5.11 Å². The van der Waals surface area contributed by atoms with Gasteiger partial charge in [0.25, 0.3) is 0 Å². The third-order valence-corrected chi connectivity index (χ3v) is 3.62. The first-order chi connectivity index (χ1) is 7.48. The van der Waals surface area contributed by atoms with E-state index in [2.05, 4.69) is 39.8 Å². The first kappa shape index (κ1) is 13.1. The van der Waals surface area contributed by atoms with Gasteiger partial charge in [-0.15, -0.1) is 0 Å². The minimum Gasteiger partial charge on any atom is -0.508 e. The number of hydrogen-bond donors (Lipinski definition) is 1. The van der Waals surface area contributed by atoms with Crippen molar-refractivity contribution in [3.63, 3.8) is 0 Å². The topological polar surface area (TPSA) is 20.2 Å². The molecule has 1 atom stereocenters. The Morgan fingerprint density at radius 1 is 1.19 bits per heavy atom. The molecular formula is C15H24O. The van der Waals surface area contributed by atoms with Crippen LogP contribution in [0, 0.1) is 5.92 Å². The van der Waals surface area contributed by atoms with Crippen LogP contribution in [0.15, 0.2) is 24.3 Å². The lowest BCUT2D eigenvalue weighted by atomic mass is 9.90. The molecule has 1 aromatic carbocycles. The fourth-order valence-corrected chi connectivity index (χ4v) is 2.00. The van der Waals surface area contributed by atoms with Gasteiger partial charge in [0, 0.05) is 0 Å². The SMILES string of the molecule is CCC(C)(CCC(C)C)[14c]1[14cH][14cH][14c](O)[14cH][14cH]1. The smallest absolute Gasteiger partial charge is 0.115 e. The van der Waals surface area contributed by atoms with E-state index in [4.69, 9.17) is 0 Å². The van der Waals surface area contributed by atoms with Gasteiger partial charge in [-0.2, -0.15) is 0 Å². The molecular weight excluding hydrogens is 208 g/mol. The predicted molar refractivity (Wildman–Crippen MR) is 69.8 cm³/mol. The molecule has 1 unspecified atom stereocenters. The Kier molecular flexibility index (Phi) is 4.40. The predicted octanol–water partition coefficient (Wildman–Crippen LogP) is 4.50. The van der Waals surface area contributed by atoms with Gasteiger partial charge in [-0.3, -0.25) is 0 Å². The van der Waals surface area contributed by atoms with Crippen molar-refractivity contribution in [2.24, 2.45) is 5.92 Å². The Bertz CT molecular complexity index is 313. The Labute approximate surface area is 99.5 Å². The molecule has 1 N–H and O–H groups in total. The lowest BCUT2D eigenvalue weighted by Crippen LogP contribution is -2.21. The molecule has 16 heavy (non-hydrogen) atoms. The van der Waals surface area contributed by atoms with E-state index >= 15 is 0 Å². The first-order valence-electron chi connectivity index (χ1n) is 6.27. The van der Waals surface area contributed by atoms with Gasteiger partial charge < -0.3 is 5.11 Å². The van der Waals surface area contributed by atoms with Crippen LogP contribution in [0.25, 0.3) is 0 Å². The van der Waals surface area contributed by atoms with E-state index in [1.165, 1.54) is 18.4 Å². The van der Waals surface area contributed by atoms with Gasteiger partial charge in [0.15, 0.2) is 0 Å². The maximum Gasteiger partial charge on any atom is 0.115 e. The van der Waals surface area contributed by atoms with E-state index in [0.29, 0.717) is 5.75 Å². The average molecular weight is 232 g/mol. The van der Waals surface area contributed by atoms with Gasteiger partial charge in [-0.1, -0.05) is 46.2 Å². The van der Waals surface area contributed by atoms with Crippen molar-refractivity contribution in [3.05, 3.63) is 29.8 Å². The lowest BCUT2D eigenvalue weighted by Gasteiger charge is -2.30. The van der Waals surface area contributed by atoms with Gasteiger partial charge >= 0.3 is 0 Å². The monoisotopic (exact) mass is 232 g/mol. The molecule has 0 amide bonds. The van der Waals surface area contributed by atoms with Crippen molar-refractivity contribution >= 4 is 0 Å². The van der Waals surface area contributed by atoms with Crippen LogP contribution in [0.4, 0.5) is 0 Å². The fourth-order valence-electron chi connectivity index (χ4n) is 2.00. The van der Waals surface area contributed by atoms with Crippen molar-refractivity contribution in [1.82, 2.24) is 0 Å². The highest BCUT2D eigenvalue weighted by Crippen LogP contribution is 2.34.